The van der Waals surface area contributed by atoms with E-state index in [0.29, 0.717) is 25.9 Å². The zero-order valence-corrected chi connectivity index (χ0v) is 13.1. The second-order valence-electron chi connectivity index (χ2n) is 4.93. The SMILES string of the molecule is COC(=O)N1CCCC[C@H]1C(=O)NCCc1nnc(C)s1. The van der Waals surface area contributed by atoms with Gasteiger partial charge in [-0.1, -0.05) is 0 Å². The minimum Gasteiger partial charge on any atom is -0.453 e. The first-order chi connectivity index (χ1) is 10.1. The zero-order valence-electron chi connectivity index (χ0n) is 12.3. The highest BCUT2D eigenvalue weighted by Crippen LogP contribution is 2.18. The van der Waals surface area contributed by atoms with Gasteiger partial charge in [-0.05, 0) is 26.2 Å². The van der Waals surface area contributed by atoms with Crippen LogP contribution in [0.1, 0.15) is 29.3 Å². The highest BCUT2D eigenvalue weighted by atomic mass is 32.1. The monoisotopic (exact) mass is 312 g/mol. The van der Waals surface area contributed by atoms with Gasteiger partial charge in [0.2, 0.25) is 5.91 Å². The summed E-state index contributed by atoms with van der Waals surface area (Å²) >= 11 is 1.53. The van der Waals surface area contributed by atoms with Crippen molar-refractivity contribution in [1.82, 2.24) is 20.4 Å². The van der Waals surface area contributed by atoms with E-state index in [9.17, 15) is 9.59 Å². The number of likely N-dealkylation sites (tertiary alicyclic amines) is 1. The molecule has 1 aromatic rings. The van der Waals surface area contributed by atoms with E-state index < -0.39 is 12.1 Å². The average molecular weight is 312 g/mol. The molecular formula is C13H20N4O3S. The van der Waals surface area contributed by atoms with Crippen LogP contribution in [-0.4, -0.2) is 53.3 Å². The van der Waals surface area contributed by atoms with Crippen LogP contribution >= 0.6 is 11.3 Å². The van der Waals surface area contributed by atoms with Crippen LogP contribution < -0.4 is 5.32 Å². The molecule has 0 bridgehead atoms. The summed E-state index contributed by atoms with van der Waals surface area (Å²) in [6.45, 7) is 2.97. The van der Waals surface area contributed by atoms with Gasteiger partial charge in [-0.25, -0.2) is 4.79 Å². The second kappa shape index (κ2) is 7.35. The molecule has 1 aliphatic heterocycles. The number of rotatable bonds is 4. The lowest BCUT2D eigenvalue weighted by Gasteiger charge is -2.33. The summed E-state index contributed by atoms with van der Waals surface area (Å²) < 4.78 is 4.74. The first-order valence-corrected chi connectivity index (χ1v) is 7.84. The number of carbonyl (C=O) groups is 2. The predicted octanol–water partition coefficient (Wildman–Crippen LogP) is 1.13. The smallest absolute Gasteiger partial charge is 0.410 e. The van der Waals surface area contributed by atoms with Crippen LogP contribution in [-0.2, 0) is 16.0 Å². The van der Waals surface area contributed by atoms with Gasteiger partial charge in [0.25, 0.3) is 0 Å². The molecule has 0 spiro atoms. The molecule has 0 radical (unpaired) electrons. The van der Waals surface area contributed by atoms with E-state index in [1.807, 2.05) is 6.92 Å². The third-order valence-electron chi connectivity index (χ3n) is 3.42. The number of nitrogens with one attached hydrogen (secondary N) is 1. The Labute approximate surface area is 127 Å². The van der Waals surface area contributed by atoms with Gasteiger partial charge in [0, 0.05) is 19.5 Å². The molecule has 0 aliphatic carbocycles. The van der Waals surface area contributed by atoms with E-state index in [1.165, 1.54) is 23.3 Å². The third-order valence-corrected chi connectivity index (χ3v) is 4.32. The molecule has 0 aromatic carbocycles. The number of aromatic nitrogens is 2. The second-order valence-corrected chi connectivity index (χ2v) is 6.20. The lowest BCUT2D eigenvalue weighted by molar-refractivity contribution is -0.126. The highest BCUT2D eigenvalue weighted by molar-refractivity contribution is 7.11. The third kappa shape index (κ3) is 4.13. The molecule has 2 rings (SSSR count). The molecule has 1 saturated heterocycles. The Hall–Kier alpha value is -1.70. The largest absolute Gasteiger partial charge is 0.453 e. The molecular weight excluding hydrogens is 292 g/mol. The van der Waals surface area contributed by atoms with Gasteiger partial charge in [0.15, 0.2) is 0 Å². The molecule has 1 atom stereocenters. The Balaban J connectivity index is 1.84. The molecule has 1 N–H and O–H groups in total. The summed E-state index contributed by atoms with van der Waals surface area (Å²) in [6.07, 6.45) is 2.75. The van der Waals surface area contributed by atoms with Crippen molar-refractivity contribution in [3.63, 3.8) is 0 Å². The Bertz CT molecular complexity index is 505. The fraction of sp³-hybridized carbons (Fsp3) is 0.692. The maximum atomic E-state index is 12.2. The lowest BCUT2D eigenvalue weighted by atomic mass is 10.0. The van der Waals surface area contributed by atoms with Gasteiger partial charge < -0.3 is 10.1 Å². The molecule has 2 amide bonds. The number of amides is 2. The number of piperidine rings is 1. The summed E-state index contributed by atoms with van der Waals surface area (Å²) in [5.41, 5.74) is 0. The van der Waals surface area contributed by atoms with Crippen molar-refractivity contribution in [1.29, 1.82) is 0 Å². The van der Waals surface area contributed by atoms with Crippen molar-refractivity contribution >= 4 is 23.3 Å². The Morgan fingerprint density at radius 1 is 1.43 bits per heavy atom. The first-order valence-electron chi connectivity index (χ1n) is 7.03. The van der Waals surface area contributed by atoms with E-state index in [2.05, 4.69) is 15.5 Å². The zero-order chi connectivity index (χ0) is 15.2. The van der Waals surface area contributed by atoms with Gasteiger partial charge in [-0.2, -0.15) is 0 Å². The number of aryl methyl sites for hydroxylation is 1. The molecule has 2 heterocycles. The van der Waals surface area contributed by atoms with Crippen LogP contribution in [0, 0.1) is 6.92 Å². The lowest BCUT2D eigenvalue weighted by Crippen LogP contribution is -2.52. The van der Waals surface area contributed by atoms with Crippen LogP contribution in [0.3, 0.4) is 0 Å². The van der Waals surface area contributed by atoms with Gasteiger partial charge in [-0.15, -0.1) is 21.5 Å². The predicted molar refractivity (Wildman–Crippen MR) is 78.1 cm³/mol. The fourth-order valence-corrected chi connectivity index (χ4v) is 3.10. The van der Waals surface area contributed by atoms with Crippen LogP contribution in [0.2, 0.25) is 0 Å². The molecule has 1 aliphatic rings. The van der Waals surface area contributed by atoms with Gasteiger partial charge >= 0.3 is 6.09 Å². The van der Waals surface area contributed by atoms with Gasteiger partial charge in [-0.3, -0.25) is 9.69 Å². The summed E-state index contributed by atoms with van der Waals surface area (Å²) in [5, 5.41) is 12.6. The van der Waals surface area contributed by atoms with Crippen LogP contribution in [0.5, 0.6) is 0 Å². The molecule has 116 valence electrons. The number of hydrogen-bond donors (Lipinski definition) is 1. The summed E-state index contributed by atoms with van der Waals surface area (Å²) in [5.74, 6) is -0.124. The Morgan fingerprint density at radius 2 is 2.24 bits per heavy atom. The summed E-state index contributed by atoms with van der Waals surface area (Å²) in [4.78, 5) is 25.4. The molecule has 1 aromatic heterocycles. The van der Waals surface area contributed by atoms with Crippen molar-refractivity contribution in [2.75, 3.05) is 20.2 Å². The average Bonchev–Trinajstić information content (AvgIpc) is 2.91. The van der Waals surface area contributed by atoms with E-state index in [0.717, 1.165) is 22.9 Å². The maximum Gasteiger partial charge on any atom is 0.410 e. The van der Waals surface area contributed by atoms with Crippen LogP contribution in [0.25, 0.3) is 0 Å². The van der Waals surface area contributed by atoms with Crippen LogP contribution in [0.4, 0.5) is 4.79 Å². The van der Waals surface area contributed by atoms with E-state index in [1.54, 1.807) is 0 Å². The number of methoxy groups -OCH3 is 1. The first kappa shape index (κ1) is 15.7. The normalized spacial score (nSPS) is 18.4. The topological polar surface area (TPSA) is 84.4 Å². The number of carbonyl (C=O) groups excluding carboxylic acids is 2. The van der Waals surface area contributed by atoms with E-state index in [4.69, 9.17) is 4.74 Å². The molecule has 1 fully saturated rings. The summed E-state index contributed by atoms with van der Waals surface area (Å²) in [6, 6.07) is -0.428. The summed E-state index contributed by atoms with van der Waals surface area (Å²) in [7, 11) is 1.34. The molecule has 0 unspecified atom stereocenters. The van der Waals surface area contributed by atoms with Crippen molar-refractivity contribution in [3.05, 3.63) is 10.0 Å². The van der Waals surface area contributed by atoms with Crippen LogP contribution in [0.15, 0.2) is 0 Å². The quantitative estimate of drug-likeness (QED) is 0.901. The maximum absolute atomic E-state index is 12.2. The van der Waals surface area contributed by atoms with Crippen molar-refractivity contribution < 1.29 is 14.3 Å². The molecule has 21 heavy (non-hydrogen) atoms. The van der Waals surface area contributed by atoms with Gasteiger partial charge in [0.1, 0.15) is 16.1 Å². The number of hydrogen-bond acceptors (Lipinski definition) is 6. The standard InChI is InChI=1S/C13H20N4O3S/c1-9-15-16-11(21-9)6-7-14-12(18)10-5-3-4-8-17(10)13(19)20-2/h10H,3-8H2,1-2H3,(H,14,18)/t10-/m0/s1. The molecule has 8 heteroatoms. The van der Waals surface area contributed by atoms with Crippen molar-refractivity contribution in [3.8, 4) is 0 Å². The van der Waals surface area contributed by atoms with E-state index >= 15 is 0 Å². The van der Waals surface area contributed by atoms with Crippen molar-refractivity contribution in [2.24, 2.45) is 0 Å². The van der Waals surface area contributed by atoms with Crippen molar-refractivity contribution in [2.45, 2.75) is 38.6 Å². The minimum atomic E-state index is -0.436. The Morgan fingerprint density at radius 3 is 2.90 bits per heavy atom. The minimum absolute atomic E-state index is 0.124. The Kier molecular flexibility index (Phi) is 5.49. The van der Waals surface area contributed by atoms with Gasteiger partial charge in [0.05, 0.1) is 7.11 Å². The number of nitrogens with zero attached hydrogens (tertiary/aromatic N) is 3. The highest BCUT2D eigenvalue weighted by Gasteiger charge is 2.32. The van der Waals surface area contributed by atoms with E-state index in [-0.39, 0.29) is 5.91 Å². The molecule has 7 nitrogen and oxygen atoms in total. The molecule has 0 saturated carbocycles. The fourth-order valence-electron chi connectivity index (χ4n) is 2.39. The number of ether oxygens (including phenoxy) is 1.